The molecular weight excluding hydrogens is 374 g/mol. The van der Waals surface area contributed by atoms with Crippen LogP contribution in [0.3, 0.4) is 0 Å². The van der Waals surface area contributed by atoms with Gasteiger partial charge in [0.15, 0.2) is 6.10 Å². The number of thiophene rings is 1. The first-order chi connectivity index (χ1) is 12.4. The van der Waals surface area contributed by atoms with Crippen LogP contribution in [0.1, 0.15) is 36.5 Å². The maximum Gasteiger partial charge on any atom is 0.350 e. The van der Waals surface area contributed by atoms with E-state index in [0.29, 0.717) is 15.7 Å². The van der Waals surface area contributed by atoms with Gasteiger partial charge in [-0.25, -0.2) is 9.48 Å². The zero-order valence-electron chi connectivity index (χ0n) is 14.5. The predicted molar refractivity (Wildman–Crippen MR) is 103 cm³/mol. The Morgan fingerprint density at radius 1 is 1.23 bits per heavy atom. The lowest BCUT2D eigenvalue weighted by atomic mass is 10.2. The van der Waals surface area contributed by atoms with Gasteiger partial charge in [-0.15, -0.1) is 11.3 Å². The number of anilines is 1. The van der Waals surface area contributed by atoms with Gasteiger partial charge in [0.2, 0.25) is 0 Å². The van der Waals surface area contributed by atoms with E-state index in [-0.39, 0.29) is 6.04 Å². The van der Waals surface area contributed by atoms with Crippen LogP contribution in [0, 0.1) is 0 Å². The highest BCUT2D eigenvalue weighted by molar-refractivity contribution is 7.21. The molecule has 3 rings (SSSR count). The van der Waals surface area contributed by atoms with E-state index in [1.807, 2.05) is 38.1 Å². The van der Waals surface area contributed by atoms with Crippen molar-refractivity contribution in [3.8, 4) is 0 Å². The normalized spacial score (nSPS) is 12.3. The molecule has 1 atom stereocenters. The SMILES string of the molecule is CC(C)n1nccc1NC(=O)[C@H](C)OC(=O)c1sc2ccccc2c1Cl. The number of carbonyl (C=O) groups is 2. The molecule has 3 aromatic rings. The fourth-order valence-corrected chi connectivity index (χ4v) is 3.86. The van der Waals surface area contributed by atoms with E-state index in [2.05, 4.69) is 10.4 Å². The van der Waals surface area contributed by atoms with E-state index in [9.17, 15) is 9.59 Å². The minimum absolute atomic E-state index is 0.0931. The molecule has 26 heavy (non-hydrogen) atoms. The van der Waals surface area contributed by atoms with Crippen molar-refractivity contribution in [2.45, 2.75) is 32.9 Å². The van der Waals surface area contributed by atoms with Crippen LogP contribution in [-0.4, -0.2) is 27.8 Å². The fraction of sp³-hybridized carbons (Fsp3) is 0.278. The molecule has 6 nitrogen and oxygen atoms in total. The van der Waals surface area contributed by atoms with E-state index in [0.717, 1.165) is 10.1 Å². The van der Waals surface area contributed by atoms with Crippen molar-refractivity contribution in [2.75, 3.05) is 5.32 Å². The van der Waals surface area contributed by atoms with Crippen LogP contribution in [0.25, 0.3) is 10.1 Å². The second kappa shape index (κ2) is 7.47. The topological polar surface area (TPSA) is 73.2 Å². The Hall–Kier alpha value is -2.38. The van der Waals surface area contributed by atoms with E-state index in [4.69, 9.17) is 16.3 Å². The average molecular weight is 392 g/mol. The molecule has 2 heterocycles. The third-order valence-electron chi connectivity index (χ3n) is 3.78. The van der Waals surface area contributed by atoms with Crippen LogP contribution in [0.5, 0.6) is 0 Å². The molecule has 1 N–H and O–H groups in total. The third kappa shape index (κ3) is 3.59. The van der Waals surface area contributed by atoms with Gasteiger partial charge in [-0.05, 0) is 26.8 Å². The zero-order valence-corrected chi connectivity index (χ0v) is 16.1. The molecule has 0 aliphatic rings. The van der Waals surface area contributed by atoms with Gasteiger partial charge < -0.3 is 10.1 Å². The Bertz CT molecular complexity index is 964. The van der Waals surface area contributed by atoms with Crippen LogP contribution >= 0.6 is 22.9 Å². The highest BCUT2D eigenvalue weighted by atomic mass is 35.5. The number of aromatic nitrogens is 2. The Morgan fingerprint density at radius 3 is 2.65 bits per heavy atom. The number of rotatable bonds is 5. The van der Waals surface area contributed by atoms with Crippen LogP contribution in [-0.2, 0) is 9.53 Å². The summed E-state index contributed by atoms with van der Waals surface area (Å²) in [4.78, 5) is 25.1. The third-order valence-corrected chi connectivity index (χ3v) is 5.44. The molecule has 1 aromatic carbocycles. The number of hydrogen-bond donors (Lipinski definition) is 1. The number of fused-ring (bicyclic) bond motifs is 1. The fourth-order valence-electron chi connectivity index (χ4n) is 2.47. The van der Waals surface area contributed by atoms with Gasteiger partial charge >= 0.3 is 5.97 Å². The minimum atomic E-state index is -0.973. The Morgan fingerprint density at radius 2 is 1.96 bits per heavy atom. The van der Waals surface area contributed by atoms with Crippen molar-refractivity contribution >= 4 is 50.7 Å². The summed E-state index contributed by atoms with van der Waals surface area (Å²) in [5.41, 5.74) is 0. The molecule has 8 heteroatoms. The molecule has 1 amide bonds. The van der Waals surface area contributed by atoms with Crippen LogP contribution in [0.2, 0.25) is 5.02 Å². The maximum absolute atomic E-state index is 12.4. The average Bonchev–Trinajstić information content (AvgIpc) is 3.20. The number of hydrogen-bond acceptors (Lipinski definition) is 5. The molecule has 0 fully saturated rings. The van der Waals surface area contributed by atoms with Gasteiger partial charge in [0.1, 0.15) is 10.7 Å². The Labute approximate surface area is 159 Å². The van der Waals surface area contributed by atoms with Gasteiger partial charge in [-0.3, -0.25) is 4.79 Å². The standard InChI is InChI=1S/C18H18ClN3O3S/c1-10(2)22-14(8-9-20-22)21-17(23)11(3)25-18(24)16-15(19)12-6-4-5-7-13(12)26-16/h4-11H,1-3H3,(H,21,23)/t11-/m0/s1. The quantitative estimate of drug-likeness (QED) is 0.649. The number of halogens is 1. The zero-order chi connectivity index (χ0) is 18.8. The van der Waals surface area contributed by atoms with Gasteiger partial charge in [0.25, 0.3) is 5.91 Å². The summed E-state index contributed by atoms with van der Waals surface area (Å²) >= 11 is 7.53. The van der Waals surface area contributed by atoms with Crippen molar-refractivity contribution < 1.29 is 14.3 Å². The first-order valence-corrected chi connectivity index (χ1v) is 9.30. The first kappa shape index (κ1) is 18.4. The lowest BCUT2D eigenvalue weighted by molar-refractivity contribution is -0.123. The summed E-state index contributed by atoms with van der Waals surface area (Å²) in [6.07, 6.45) is 0.628. The van der Waals surface area contributed by atoms with Crippen LogP contribution < -0.4 is 5.32 Å². The van der Waals surface area contributed by atoms with E-state index in [1.54, 1.807) is 16.9 Å². The van der Waals surface area contributed by atoms with E-state index in [1.165, 1.54) is 18.3 Å². The second-order valence-corrected chi connectivity index (χ2v) is 7.46. The molecule has 0 aliphatic heterocycles. The minimum Gasteiger partial charge on any atom is -0.448 e. The molecule has 0 saturated carbocycles. The Balaban J connectivity index is 1.71. The van der Waals surface area contributed by atoms with Crippen molar-refractivity contribution in [3.05, 3.63) is 46.4 Å². The number of benzene rings is 1. The summed E-state index contributed by atoms with van der Waals surface area (Å²) < 4.78 is 7.87. The number of amides is 1. The molecule has 0 aliphatic carbocycles. The summed E-state index contributed by atoms with van der Waals surface area (Å²) in [6, 6.07) is 9.23. The van der Waals surface area contributed by atoms with Gasteiger partial charge in [-0.2, -0.15) is 5.10 Å². The molecular formula is C18H18ClN3O3S. The largest absolute Gasteiger partial charge is 0.448 e. The van der Waals surface area contributed by atoms with Crippen LogP contribution in [0.15, 0.2) is 36.5 Å². The maximum atomic E-state index is 12.4. The molecule has 0 saturated heterocycles. The monoisotopic (exact) mass is 391 g/mol. The molecule has 0 bridgehead atoms. The van der Waals surface area contributed by atoms with Crippen molar-refractivity contribution in [1.82, 2.24) is 9.78 Å². The molecule has 0 spiro atoms. The van der Waals surface area contributed by atoms with Crippen molar-refractivity contribution in [1.29, 1.82) is 0 Å². The number of nitrogens with zero attached hydrogens (tertiary/aromatic N) is 2. The molecule has 136 valence electrons. The summed E-state index contributed by atoms with van der Waals surface area (Å²) in [6.45, 7) is 5.43. The highest BCUT2D eigenvalue weighted by Crippen LogP contribution is 2.35. The first-order valence-electron chi connectivity index (χ1n) is 8.11. The number of esters is 1. The van der Waals surface area contributed by atoms with Crippen molar-refractivity contribution in [2.24, 2.45) is 0 Å². The number of nitrogens with one attached hydrogen (secondary N) is 1. The van der Waals surface area contributed by atoms with E-state index < -0.39 is 18.0 Å². The van der Waals surface area contributed by atoms with E-state index >= 15 is 0 Å². The highest BCUT2D eigenvalue weighted by Gasteiger charge is 2.24. The summed E-state index contributed by atoms with van der Waals surface area (Å²) in [5, 5.41) is 8.02. The van der Waals surface area contributed by atoms with Crippen molar-refractivity contribution in [3.63, 3.8) is 0 Å². The Kier molecular flexibility index (Phi) is 5.29. The van der Waals surface area contributed by atoms with Crippen LogP contribution in [0.4, 0.5) is 5.82 Å². The second-order valence-electron chi connectivity index (χ2n) is 6.03. The summed E-state index contributed by atoms with van der Waals surface area (Å²) in [5.74, 6) is -0.498. The summed E-state index contributed by atoms with van der Waals surface area (Å²) in [7, 11) is 0. The lowest BCUT2D eigenvalue weighted by Crippen LogP contribution is -2.30. The molecule has 0 unspecified atom stereocenters. The van der Waals surface area contributed by atoms with Gasteiger partial charge in [-0.1, -0.05) is 29.8 Å². The number of carbonyl (C=O) groups excluding carboxylic acids is 2. The smallest absolute Gasteiger partial charge is 0.350 e. The lowest BCUT2D eigenvalue weighted by Gasteiger charge is -2.15. The number of ether oxygens (including phenoxy) is 1. The predicted octanol–water partition coefficient (Wildman–Crippen LogP) is 4.52. The molecule has 0 radical (unpaired) electrons. The van der Waals surface area contributed by atoms with Gasteiger partial charge in [0, 0.05) is 22.2 Å². The molecule has 2 aromatic heterocycles. The van der Waals surface area contributed by atoms with Gasteiger partial charge in [0.05, 0.1) is 11.2 Å².